The Bertz CT molecular complexity index is 361. The monoisotopic (exact) mass is 298 g/mol. The van der Waals surface area contributed by atoms with Gasteiger partial charge < -0.3 is 11.1 Å². The van der Waals surface area contributed by atoms with E-state index in [1.165, 1.54) is 11.1 Å². The van der Waals surface area contributed by atoms with Crippen LogP contribution in [0.25, 0.3) is 0 Å². The molecule has 0 fully saturated rings. The number of nitrogens with one attached hydrogen (secondary N) is 1. The fourth-order valence-corrected chi connectivity index (χ4v) is 1.99. The molecule has 0 aromatic heterocycles. The number of hydrogen-bond acceptors (Lipinski definition) is 2. The van der Waals surface area contributed by atoms with Crippen molar-refractivity contribution in [1.29, 1.82) is 0 Å². The molecule has 1 aromatic rings. The predicted molar refractivity (Wildman–Crippen MR) is 78.0 cm³/mol. The molecule has 0 aliphatic heterocycles. The lowest BCUT2D eigenvalue weighted by atomic mass is 9.90. The molecule has 2 nitrogen and oxygen atoms in total. The molecule has 0 bridgehead atoms. The first-order valence-corrected chi connectivity index (χ1v) is 6.90. The molecule has 0 spiro atoms. The number of benzene rings is 1. The van der Waals surface area contributed by atoms with E-state index in [4.69, 9.17) is 5.73 Å². The molecule has 17 heavy (non-hydrogen) atoms. The predicted octanol–water partition coefficient (Wildman–Crippen LogP) is 3.22. The Morgan fingerprint density at radius 3 is 2.71 bits per heavy atom. The summed E-state index contributed by atoms with van der Waals surface area (Å²) >= 11 is 3.50. The highest BCUT2D eigenvalue weighted by molar-refractivity contribution is 9.10. The number of nitrogens with two attached hydrogens (primary N) is 1. The maximum Gasteiger partial charge on any atom is 0.0208 e. The SMILES string of the molecule is Cc1ccc(Br)cc1CNCCC(C)(C)CN. The van der Waals surface area contributed by atoms with Crippen molar-refractivity contribution in [3.8, 4) is 0 Å². The van der Waals surface area contributed by atoms with E-state index in [-0.39, 0.29) is 5.41 Å². The van der Waals surface area contributed by atoms with E-state index in [0.717, 1.165) is 30.5 Å². The lowest BCUT2D eigenvalue weighted by molar-refractivity contribution is 0.339. The molecule has 0 amide bonds. The summed E-state index contributed by atoms with van der Waals surface area (Å²) in [7, 11) is 0. The number of halogens is 1. The van der Waals surface area contributed by atoms with Crippen molar-refractivity contribution in [2.24, 2.45) is 11.1 Å². The first kappa shape index (κ1) is 14.7. The van der Waals surface area contributed by atoms with Gasteiger partial charge in [-0.3, -0.25) is 0 Å². The van der Waals surface area contributed by atoms with Crippen LogP contribution in [0.4, 0.5) is 0 Å². The van der Waals surface area contributed by atoms with E-state index in [2.05, 4.69) is 60.2 Å². The van der Waals surface area contributed by atoms with Crippen LogP contribution in [-0.4, -0.2) is 13.1 Å². The van der Waals surface area contributed by atoms with Crippen LogP contribution in [0.15, 0.2) is 22.7 Å². The summed E-state index contributed by atoms with van der Waals surface area (Å²) in [4.78, 5) is 0. The number of hydrogen-bond donors (Lipinski definition) is 2. The Kier molecular flexibility index (Phi) is 5.63. The van der Waals surface area contributed by atoms with Crippen molar-refractivity contribution < 1.29 is 0 Å². The molecule has 1 aromatic carbocycles. The van der Waals surface area contributed by atoms with Crippen molar-refractivity contribution >= 4 is 15.9 Å². The van der Waals surface area contributed by atoms with Gasteiger partial charge in [-0.2, -0.15) is 0 Å². The third kappa shape index (κ3) is 5.19. The fraction of sp³-hybridized carbons (Fsp3) is 0.571. The zero-order valence-electron chi connectivity index (χ0n) is 11.0. The summed E-state index contributed by atoms with van der Waals surface area (Å²) in [6.07, 6.45) is 1.11. The second kappa shape index (κ2) is 6.53. The number of aryl methyl sites for hydroxylation is 1. The Labute approximate surface area is 113 Å². The lowest BCUT2D eigenvalue weighted by Crippen LogP contribution is -2.28. The van der Waals surface area contributed by atoms with Gasteiger partial charge in [0.2, 0.25) is 0 Å². The van der Waals surface area contributed by atoms with Gasteiger partial charge in [0.1, 0.15) is 0 Å². The number of rotatable bonds is 6. The van der Waals surface area contributed by atoms with Gasteiger partial charge in [-0.05, 0) is 55.1 Å². The van der Waals surface area contributed by atoms with Gasteiger partial charge in [0.15, 0.2) is 0 Å². The summed E-state index contributed by atoms with van der Waals surface area (Å²) in [6, 6.07) is 6.40. The van der Waals surface area contributed by atoms with E-state index in [1.807, 2.05) is 0 Å². The molecule has 96 valence electrons. The molecule has 3 N–H and O–H groups in total. The van der Waals surface area contributed by atoms with Crippen LogP contribution in [0, 0.1) is 12.3 Å². The van der Waals surface area contributed by atoms with Gasteiger partial charge in [0, 0.05) is 11.0 Å². The second-order valence-electron chi connectivity index (χ2n) is 5.37. The van der Waals surface area contributed by atoms with E-state index in [9.17, 15) is 0 Å². The van der Waals surface area contributed by atoms with Crippen molar-refractivity contribution in [3.05, 3.63) is 33.8 Å². The van der Waals surface area contributed by atoms with Crippen LogP contribution in [-0.2, 0) is 6.54 Å². The van der Waals surface area contributed by atoms with Crippen molar-refractivity contribution in [1.82, 2.24) is 5.32 Å². The molecule has 0 aliphatic carbocycles. The normalized spacial score (nSPS) is 11.8. The van der Waals surface area contributed by atoms with Crippen LogP contribution in [0.3, 0.4) is 0 Å². The van der Waals surface area contributed by atoms with E-state index in [1.54, 1.807) is 0 Å². The average molecular weight is 299 g/mol. The van der Waals surface area contributed by atoms with Gasteiger partial charge in [-0.25, -0.2) is 0 Å². The first-order chi connectivity index (χ1) is 7.94. The van der Waals surface area contributed by atoms with E-state index < -0.39 is 0 Å². The Balaban J connectivity index is 2.38. The minimum absolute atomic E-state index is 0.235. The minimum Gasteiger partial charge on any atom is -0.330 e. The average Bonchev–Trinajstić information content (AvgIpc) is 2.29. The van der Waals surface area contributed by atoms with Gasteiger partial charge in [-0.15, -0.1) is 0 Å². The van der Waals surface area contributed by atoms with Crippen LogP contribution in [0.1, 0.15) is 31.4 Å². The molecule has 0 unspecified atom stereocenters. The molecule has 3 heteroatoms. The topological polar surface area (TPSA) is 38.0 Å². The van der Waals surface area contributed by atoms with Crippen LogP contribution < -0.4 is 11.1 Å². The minimum atomic E-state index is 0.235. The summed E-state index contributed by atoms with van der Waals surface area (Å²) < 4.78 is 1.14. The first-order valence-electron chi connectivity index (χ1n) is 6.10. The van der Waals surface area contributed by atoms with Crippen LogP contribution >= 0.6 is 15.9 Å². The standard InChI is InChI=1S/C14H23BrN2/c1-11-4-5-13(15)8-12(11)9-17-7-6-14(2,3)10-16/h4-5,8,17H,6-7,9-10,16H2,1-3H3. The molecule has 1 rings (SSSR count). The quantitative estimate of drug-likeness (QED) is 0.792. The van der Waals surface area contributed by atoms with Gasteiger partial charge >= 0.3 is 0 Å². The highest BCUT2D eigenvalue weighted by Gasteiger charge is 2.14. The van der Waals surface area contributed by atoms with Gasteiger partial charge in [-0.1, -0.05) is 35.8 Å². The molecular weight excluding hydrogens is 276 g/mol. The molecule has 0 heterocycles. The molecule has 0 saturated carbocycles. The molecule has 0 radical (unpaired) electrons. The fourth-order valence-electron chi connectivity index (χ4n) is 1.58. The van der Waals surface area contributed by atoms with Crippen molar-refractivity contribution in [2.45, 2.75) is 33.7 Å². The lowest BCUT2D eigenvalue weighted by Gasteiger charge is -2.22. The Hall–Kier alpha value is -0.380. The van der Waals surface area contributed by atoms with E-state index >= 15 is 0 Å². The third-order valence-electron chi connectivity index (χ3n) is 3.16. The summed E-state index contributed by atoms with van der Waals surface area (Å²) in [5, 5.41) is 3.48. The highest BCUT2D eigenvalue weighted by atomic mass is 79.9. The Morgan fingerprint density at radius 1 is 1.35 bits per heavy atom. The highest BCUT2D eigenvalue weighted by Crippen LogP contribution is 2.18. The van der Waals surface area contributed by atoms with E-state index in [0.29, 0.717) is 0 Å². The third-order valence-corrected chi connectivity index (χ3v) is 3.65. The largest absolute Gasteiger partial charge is 0.330 e. The van der Waals surface area contributed by atoms with Gasteiger partial charge in [0.05, 0.1) is 0 Å². The summed E-state index contributed by atoms with van der Waals surface area (Å²) in [5.41, 5.74) is 8.63. The molecule has 0 aliphatic rings. The van der Waals surface area contributed by atoms with Crippen molar-refractivity contribution in [3.63, 3.8) is 0 Å². The van der Waals surface area contributed by atoms with Gasteiger partial charge in [0.25, 0.3) is 0 Å². The second-order valence-corrected chi connectivity index (χ2v) is 6.28. The summed E-state index contributed by atoms with van der Waals surface area (Å²) in [5.74, 6) is 0. The maximum absolute atomic E-state index is 5.71. The summed E-state index contributed by atoms with van der Waals surface area (Å²) in [6.45, 7) is 9.23. The molecule has 0 atom stereocenters. The van der Waals surface area contributed by atoms with Crippen LogP contribution in [0.5, 0.6) is 0 Å². The molecular formula is C14H23BrN2. The maximum atomic E-state index is 5.71. The Morgan fingerprint density at radius 2 is 2.06 bits per heavy atom. The van der Waals surface area contributed by atoms with Crippen LogP contribution in [0.2, 0.25) is 0 Å². The smallest absolute Gasteiger partial charge is 0.0208 e. The molecule has 0 saturated heterocycles. The van der Waals surface area contributed by atoms with Crippen molar-refractivity contribution in [2.75, 3.05) is 13.1 Å². The zero-order valence-corrected chi connectivity index (χ0v) is 12.6. The zero-order chi connectivity index (χ0) is 12.9.